The summed E-state index contributed by atoms with van der Waals surface area (Å²) in [7, 11) is 2.23. The van der Waals surface area contributed by atoms with E-state index in [1.54, 1.807) is 5.32 Å². The molecule has 0 aromatic carbocycles. The lowest BCUT2D eigenvalue weighted by Crippen LogP contribution is -2.64. The Bertz CT molecular complexity index is 246. The zero-order valence-electron chi connectivity index (χ0n) is 8.67. The van der Waals surface area contributed by atoms with Gasteiger partial charge in [0, 0.05) is 7.05 Å². The van der Waals surface area contributed by atoms with E-state index in [1.165, 1.54) is 7.05 Å². The third kappa shape index (κ3) is 3.18. The second-order valence-corrected chi connectivity index (χ2v) is 3.95. The van der Waals surface area contributed by atoms with E-state index in [4.69, 9.17) is 0 Å². The minimum atomic E-state index is -5.14. The lowest BCUT2D eigenvalue weighted by atomic mass is 10.0. The normalized spacial score (nSPS) is 16.5. The van der Waals surface area contributed by atoms with Crippen LogP contribution in [0.2, 0.25) is 0 Å². The Morgan fingerprint density at radius 2 is 1.62 bits per heavy atom. The Hall–Kier alpha value is -0.620. The maximum Gasteiger partial charge on any atom is 0.417 e. The molecule has 96 valence electrons. The average molecular weight is 265 g/mol. The van der Waals surface area contributed by atoms with Crippen LogP contribution in [-0.4, -0.2) is 24.4 Å². The molecule has 0 radical (unpaired) electrons. The van der Waals surface area contributed by atoms with Crippen LogP contribution in [0.1, 0.15) is 6.92 Å². The zero-order chi connectivity index (χ0) is 13.2. The van der Waals surface area contributed by atoms with Crippen LogP contribution in [0.15, 0.2) is 12.4 Å². The summed E-state index contributed by atoms with van der Waals surface area (Å²) in [5.41, 5.74) is -3.10. The monoisotopic (exact) mass is 265 g/mol. The van der Waals surface area contributed by atoms with E-state index in [-0.39, 0.29) is 0 Å². The lowest BCUT2D eigenvalue weighted by Gasteiger charge is -2.38. The number of halogens is 5. The lowest BCUT2D eigenvalue weighted by molar-refractivity contribution is -0.232. The molecule has 0 fully saturated rings. The van der Waals surface area contributed by atoms with Crippen LogP contribution in [0.3, 0.4) is 0 Å². The van der Waals surface area contributed by atoms with Crippen molar-refractivity contribution in [2.75, 3.05) is 7.05 Å². The molecular weight excluding hydrogens is 252 g/mol. The quantitative estimate of drug-likeness (QED) is 0.401. The van der Waals surface area contributed by atoms with Gasteiger partial charge in [0.05, 0.1) is 0 Å². The van der Waals surface area contributed by atoms with Crippen molar-refractivity contribution in [1.29, 1.82) is 0 Å². The van der Waals surface area contributed by atoms with Gasteiger partial charge in [-0.05, 0) is 6.92 Å². The predicted molar refractivity (Wildman–Crippen MR) is 53.6 cm³/mol. The van der Waals surface area contributed by atoms with Crippen LogP contribution in [0, 0.1) is 0 Å². The summed E-state index contributed by atoms with van der Waals surface area (Å²) in [6.45, 7) is 3.48. The first kappa shape index (κ1) is 15.4. The van der Waals surface area contributed by atoms with Crippen LogP contribution in [0.4, 0.5) is 22.0 Å². The average Bonchev–Trinajstić information content (AvgIpc) is 1.99. The summed E-state index contributed by atoms with van der Waals surface area (Å²) < 4.78 is 63.6. The van der Waals surface area contributed by atoms with E-state index in [0.29, 0.717) is 6.92 Å². The SMILES string of the molecule is C=C(NNC)NC(C)(C(F)(F)F)C(F)(F)P. The Morgan fingerprint density at radius 3 is 1.88 bits per heavy atom. The predicted octanol–water partition coefficient (Wildman–Crippen LogP) is 1.56. The second-order valence-electron chi connectivity index (χ2n) is 3.22. The van der Waals surface area contributed by atoms with Gasteiger partial charge in [0.15, 0.2) is 5.54 Å². The van der Waals surface area contributed by atoms with Crippen LogP contribution >= 0.6 is 9.24 Å². The molecule has 9 heteroatoms. The van der Waals surface area contributed by atoms with Gasteiger partial charge >= 0.3 is 6.18 Å². The maximum atomic E-state index is 13.0. The number of hydrogen-bond donors (Lipinski definition) is 3. The maximum absolute atomic E-state index is 13.0. The van der Waals surface area contributed by atoms with Crippen LogP contribution in [0.5, 0.6) is 0 Å². The standard InChI is InChI=1S/C7H13F5N3P/c1-4(15-13-3)14-5(2,6(8,9)10)7(11,12)16/h13-15H,1,16H2,2-3H3. The molecule has 2 unspecified atom stereocenters. The van der Waals surface area contributed by atoms with Gasteiger partial charge in [-0.2, -0.15) is 22.0 Å². The van der Waals surface area contributed by atoms with E-state index in [0.717, 1.165) is 9.24 Å². The van der Waals surface area contributed by atoms with Crippen molar-refractivity contribution >= 4 is 9.24 Å². The zero-order valence-corrected chi connectivity index (χ0v) is 9.83. The van der Waals surface area contributed by atoms with Crippen LogP contribution < -0.4 is 16.2 Å². The number of nitrogens with one attached hydrogen (secondary N) is 3. The second kappa shape index (κ2) is 4.71. The highest BCUT2D eigenvalue weighted by atomic mass is 31.0. The van der Waals surface area contributed by atoms with Crippen molar-refractivity contribution in [3.05, 3.63) is 12.4 Å². The highest BCUT2D eigenvalue weighted by Crippen LogP contribution is 2.45. The summed E-state index contributed by atoms with van der Waals surface area (Å²) in [5.74, 6) is -0.413. The topological polar surface area (TPSA) is 36.1 Å². The number of hydrogen-bond acceptors (Lipinski definition) is 3. The third-order valence-electron chi connectivity index (χ3n) is 1.91. The third-order valence-corrected chi connectivity index (χ3v) is 2.49. The fourth-order valence-electron chi connectivity index (χ4n) is 0.827. The number of rotatable bonds is 5. The summed E-state index contributed by atoms with van der Waals surface area (Å²) >= 11 is 0. The summed E-state index contributed by atoms with van der Waals surface area (Å²) in [4.78, 5) is 0. The van der Waals surface area contributed by atoms with Gasteiger partial charge in [0.1, 0.15) is 5.82 Å². The smallest absolute Gasteiger partial charge is 0.353 e. The van der Waals surface area contributed by atoms with E-state index in [2.05, 4.69) is 17.4 Å². The van der Waals surface area contributed by atoms with Crippen molar-refractivity contribution in [1.82, 2.24) is 16.2 Å². The van der Waals surface area contributed by atoms with E-state index >= 15 is 0 Å². The van der Waals surface area contributed by atoms with Gasteiger partial charge in [-0.15, -0.1) is 0 Å². The van der Waals surface area contributed by atoms with Gasteiger partial charge in [-0.1, -0.05) is 15.8 Å². The molecule has 0 saturated carbocycles. The molecule has 0 aromatic rings. The first-order valence-corrected chi connectivity index (χ1v) is 4.66. The largest absolute Gasteiger partial charge is 0.417 e. The van der Waals surface area contributed by atoms with E-state index in [9.17, 15) is 22.0 Å². The van der Waals surface area contributed by atoms with Crippen molar-refractivity contribution in [2.45, 2.75) is 24.3 Å². The van der Waals surface area contributed by atoms with Crippen molar-refractivity contribution < 1.29 is 22.0 Å². The molecular formula is C7H13F5N3P. The molecule has 3 N–H and O–H groups in total. The van der Waals surface area contributed by atoms with Gasteiger partial charge in [-0.3, -0.25) is 0 Å². The van der Waals surface area contributed by atoms with E-state index < -0.39 is 23.2 Å². The molecule has 3 nitrogen and oxygen atoms in total. The molecule has 0 rings (SSSR count). The molecule has 0 spiro atoms. The summed E-state index contributed by atoms with van der Waals surface area (Å²) in [6, 6.07) is 0. The number of alkyl halides is 5. The fourth-order valence-corrected chi connectivity index (χ4v) is 1.06. The van der Waals surface area contributed by atoms with Crippen molar-refractivity contribution in [2.24, 2.45) is 0 Å². The van der Waals surface area contributed by atoms with Crippen LogP contribution in [-0.2, 0) is 0 Å². The minimum absolute atomic E-state index is 0.350. The number of hydrazine groups is 1. The summed E-state index contributed by atoms with van der Waals surface area (Å²) in [6.07, 6.45) is -5.14. The molecule has 0 aliphatic heterocycles. The molecule has 0 aromatic heterocycles. The van der Waals surface area contributed by atoms with Crippen molar-refractivity contribution in [3.8, 4) is 0 Å². The summed E-state index contributed by atoms with van der Waals surface area (Å²) in [5, 5.41) is 1.61. The highest BCUT2D eigenvalue weighted by molar-refractivity contribution is 7.18. The molecule has 0 aliphatic rings. The van der Waals surface area contributed by atoms with E-state index in [1.807, 2.05) is 0 Å². The molecule has 0 heterocycles. The Morgan fingerprint density at radius 1 is 1.19 bits per heavy atom. The minimum Gasteiger partial charge on any atom is -0.353 e. The van der Waals surface area contributed by atoms with Gasteiger partial charge in [0.2, 0.25) is 0 Å². The Labute approximate surface area is 92.0 Å². The first-order valence-electron chi connectivity index (χ1n) is 4.09. The molecule has 0 saturated heterocycles. The Kier molecular flexibility index (Phi) is 4.53. The Balaban J connectivity index is 5.06. The van der Waals surface area contributed by atoms with Gasteiger partial charge < -0.3 is 10.7 Å². The first-order chi connectivity index (χ1) is 6.95. The molecule has 0 bridgehead atoms. The van der Waals surface area contributed by atoms with Crippen molar-refractivity contribution in [3.63, 3.8) is 0 Å². The van der Waals surface area contributed by atoms with Crippen LogP contribution in [0.25, 0.3) is 0 Å². The van der Waals surface area contributed by atoms with Gasteiger partial charge in [-0.25, -0.2) is 5.43 Å². The molecule has 0 amide bonds. The molecule has 16 heavy (non-hydrogen) atoms. The fraction of sp³-hybridized carbons (Fsp3) is 0.714. The van der Waals surface area contributed by atoms with Gasteiger partial charge in [0.25, 0.3) is 5.66 Å². The molecule has 2 atom stereocenters. The highest BCUT2D eigenvalue weighted by Gasteiger charge is 2.64. The molecule has 0 aliphatic carbocycles.